The lowest BCUT2D eigenvalue weighted by atomic mass is 9.82. The minimum atomic E-state index is -4.80. The molecule has 0 spiro atoms. The van der Waals surface area contributed by atoms with Gasteiger partial charge >= 0.3 is 6.18 Å². The van der Waals surface area contributed by atoms with Gasteiger partial charge in [0.2, 0.25) is 11.7 Å². The number of nitrogens with one attached hydrogen (secondary N) is 2. The lowest BCUT2D eigenvalue weighted by Crippen LogP contribution is -2.55. The van der Waals surface area contributed by atoms with E-state index in [2.05, 4.69) is 37.2 Å². The molecule has 0 saturated carbocycles. The zero-order chi connectivity index (χ0) is 36.6. The van der Waals surface area contributed by atoms with Gasteiger partial charge in [0.1, 0.15) is 17.6 Å². The van der Waals surface area contributed by atoms with Crippen LogP contribution in [0.15, 0.2) is 85.2 Å². The molecule has 0 radical (unpaired) electrons. The summed E-state index contributed by atoms with van der Waals surface area (Å²) in [6.07, 6.45) is 0.112. The number of aromatic nitrogens is 4. The molecule has 2 aromatic heterocycles. The first-order valence-corrected chi connectivity index (χ1v) is 17.1. The fourth-order valence-corrected chi connectivity index (χ4v) is 7.23. The number of amides is 3. The van der Waals surface area contributed by atoms with Gasteiger partial charge in [-0.3, -0.25) is 24.2 Å². The lowest BCUT2D eigenvalue weighted by Gasteiger charge is -2.38. The second-order valence-electron chi connectivity index (χ2n) is 13.1. The largest absolute Gasteiger partial charge is 0.433 e. The highest BCUT2D eigenvalue weighted by molar-refractivity contribution is 6.04. The van der Waals surface area contributed by atoms with E-state index in [9.17, 15) is 27.6 Å². The highest BCUT2D eigenvalue weighted by Crippen LogP contribution is 2.41. The van der Waals surface area contributed by atoms with Crippen molar-refractivity contribution in [3.8, 4) is 5.69 Å². The molecular formula is C37H37F3N8O4. The molecule has 3 amide bonds. The number of benzene rings is 2. The standard InChI is InChI=1S/C37H37F3N8O4/c1-3-47-35-28(18-43-48(35)25-10-5-4-6-11-25)30(31(36(47)51)45-34(50)32-41-15-14-29(44-32)37(38,39)40)24-9-7-8-23(16-24)17-42-33(49)22(2)19-46-20-26-12-13-27(21-46)52-26/h4-11,14-16,18,26-27,30-31H,2-3,12-13,17,19-21H2,1H3,(H,42,49)(H,45,50)/t26?,27?,30-,31+/m1/s1. The van der Waals surface area contributed by atoms with E-state index in [1.54, 1.807) is 29.9 Å². The first kappa shape index (κ1) is 35.0. The van der Waals surface area contributed by atoms with Gasteiger partial charge in [-0.25, -0.2) is 14.6 Å². The van der Waals surface area contributed by atoms with Crippen molar-refractivity contribution >= 4 is 23.5 Å². The van der Waals surface area contributed by atoms with Crippen LogP contribution in [0, 0.1) is 0 Å². The summed E-state index contributed by atoms with van der Waals surface area (Å²) in [5.74, 6) is -2.87. The van der Waals surface area contributed by atoms with E-state index in [-0.39, 0.29) is 31.2 Å². The number of halogens is 3. The number of hydrogen-bond acceptors (Lipinski definition) is 8. The van der Waals surface area contributed by atoms with Crippen LogP contribution in [0.5, 0.6) is 0 Å². The van der Waals surface area contributed by atoms with E-state index in [4.69, 9.17) is 4.74 Å². The summed E-state index contributed by atoms with van der Waals surface area (Å²) in [6, 6.07) is 15.9. The van der Waals surface area contributed by atoms with Crippen molar-refractivity contribution in [1.29, 1.82) is 0 Å². The summed E-state index contributed by atoms with van der Waals surface area (Å²) in [6.45, 7) is 8.14. The zero-order valence-electron chi connectivity index (χ0n) is 28.3. The predicted molar refractivity (Wildman–Crippen MR) is 183 cm³/mol. The van der Waals surface area contributed by atoms with Crippen LogP contribution in [0.4, 0.5) is 19.0 Å². The third-order valence-corrected chi connectivity index (χ3v) is 9.60. The maximum absolute atomic E-state index is 14.3. The number of alkyl halides is 3. The molecule has 3 aliphatic heterocycles. The van der Waals surface area contributed by atoms with Gasteiger partial charge in [-0.15, -0.1) is 0 Å². The Morgan fingerprint density at radius 2 is 1.79 bits per heavy atom. The number of likely N-dealkylation sites (tertiary alicyclic amines) is 1. The number of hydrogen-bond donors (Lipinski definition) is 2. The normalized spacial score (nSPS) is 21.5. The second-order valence-corrected chi connectivity index (χ2v) is 13.1. The number of fused-ring (bicyclic) bond motifs is 3. The van der Waals surface area contributed by atoms with Crippen LogP contribution in [-0.4, -0.2) is 86.8 Å². The Morgan fingerprint density at radius 1 is 1.04 bits per heavy atom. The van der Waals surface area contributed by atoms with Crippen molar-refractivity contribution in [2.75, 3.05) is 31.1 Å². The SMILES string of the molecule is C=C(CN1CC2CCC(C1)O2)C(=O)NCc1cccc([C@@H]2c3cnn(-c4ccccc4)c3N(CC)C(=O)[C@H]2NC(=O)c2nccc(C(F)(F)F)n2)c1. The first-order valence-electron chi connectivity index (χ1n) is 17.1. The zero-order valence-corrected chi connectivity index (χ0v) is 28.3. The molecule has 5 heterocycles. The molecule has 12 nitrogen and oxygen atoms in total. The average molecular weight is 715 g/mol. The van der Waals surface area contributed by atoms with Crippen molar-refractivity contribution in [2.45, 2.75) is 56.7 Å². The Kier molecular flexibility index (Phi) is 9.63. The number of para-hydroxylation sites is 1. The molecule has 4 aromatic rings. The Balaban J connectivity index is 1.18. The van der Waals surface area contributed by atoms with Gasteiger partial charge in [0, 0.05) is 56.0 Å². The first-order chi connectivity index (χ1) is 25.0. The van der Waals surface area contributed by atoms with Crippen molar-refractivity contribution in [1.82, 2.24) is 35.3 Å². The molecule has 2 bridgehead atoms. The summed E-state index contributed by atoms with van der Waals surface area (Å²) >= 11 is 0. The second kappa shape index (κ2) is 14.3. The molecule has 7 rings (SSSR count). The fourth-order valence-electron chi connectivity index (χ4n) is 7.23. The molecule has 52 heavy (non-hydrogen) atoms. The van der Waals surface area contributed by atoms with Gasteiger partial charge in [-0.1, -0.05) is 49.0 Å². The summed E-state index contributed by atoms with van der Waals surface area (Å²) in [4.78, 5) is 51.8. The molecule has 0 aliphatic carbocycles. The van der Waals surface area contributed by atoms with Gasteiger partial charge in [0.15, 0.2) is 0 Å². The van der Waals surface area contributed by atoms with Crippen molar-refractivity contribution in [3.63, 3.8) is 0 Å². The smallest absolute Gasteiger partial charge is 0.372 e. The molecule has 2 aromatic carbocycles. The Hall–Kier alpha value is -5.41. The van der Waals surface area contributed by atoms with Crippen LogP contribution in [0.25, 0.3) is 5.69 Å². The van der Waals surface area contributed by atoms with E-state index in [1.807, 2.05) is 42.5 Å². The summed E-state index contributed by atoms with van der Waals surface area (Å²) in [7, 11) is 0. The molecule has 4 atom stereocenters. The number of carbonyl (C=O) groups excluding carboxylic acids is 3. The molecule has 2 saturated heterocycles. The van der Waals surface area contributed by atoms with Crippen LogP contribution in [0.3, 0.4) is 0 Å². The molecular weight excluding hydrogens is 677 g/mol. The topological polar surface area (TPSA) is 135 Å². The average Bonchev–Trinajstić information content (AvgIpc) is 3.73. The third-order valence-electron chi connectivity index (χ3n) is 9.60. The molecule has 2 N–H and O–H groups in total. The molecule has 15 heteroatoms. The Labute approximate surface area is 297 Å². The molecule has 2 fully saturated rings. The van der Waals surface area contributed by atoms with Gasteiger partial charge in [0.05, 0.1) is 24.1 Å². The highest BCUT2D eigenvalue weighted by atomic mass is 19.4. The van der Waals surface area contributed by atoms with Gasteiger partial charge in [-0.05, 0) is 49.1 Å². The third kappa shape index (κ3) is 7.05. The summed E-state index contributed by atoms with van der Waals surface area (Å²) < 4.78 is 47.9. The van der Waals surface area contributed by atoms with E-state index < -0.39 is 41.5 Å². The van der Waals surface area contributed by atoms with Crippen LogP contribution in [0.2, 0.25) is 0 Å². The highest BCUT2D eigenvalue weighted by Gasteiger charge is 2.45. The number of ether oxygens (including phenoxy) is 1. The van der Waals surface area contributed by atoms with Crippen LogP contribution in [0.1, 0.15) is 58.7 Å². The van der Waals surface area contributed by atoms with Crippen molar-refractivity contribution in [3.05, 3.63) is 113 Å². The quantitative estimate of drug-likeness (QED) is 0.236. The number of morpholine rings is 1. The minimum absolute atomic E-state index is 0.160. The lowest BCUT2D eigenvalue weighted by molar-refractivity contribution is -0.141. The summed E-state index contributed by atoms with van der Waals surface area (Å²) in [5, 5.41) is 10.2. The molecule has 3 aliphatic rings. The maximum atomic E-state index is 14.3. The number of nitrogens with zero attached hydrogens (tertiary/aromatic N) is 6. The van der Waals surface area contributed by atoms with Crippen LogP contribution >= 0.6 is 0 Å². The Morgan fingerprint density at radius 3 is 2.50 bits per heavy atom. The van der Waals surface area contributed by atoms with E-state index in [0.717, 1.165) is 37.7 Å². The Bertz CT molecular complexity index is 1990. The van der Waals surface area contributed by atoms with Crippen molar-refractivity contribution < 1.29 is 32.3 Å². The fraction of sp³-hybridized carbons (Fsp3) is 0.351. The van der Waals surface area contributed by atoms with Gasteiger partial charge in [0.25, 0.3) is 11.8 Å². The number of anilines is 1. The van der Waals surface area contributed by atoms with Crippen molar-refractivity contribution in [2.24, 2.45) is 0 Å². The number of rotatable bonds is 10. The summed E-state index contributed by atoms with van der Waals surface area (Å²) in [5.41, 5.74) is 1.80. The monoisotopic (exact) mass is 714 g/mol. The van der Waals surface area contributed by atoms with E-state index >= 15 is 0 Å². The molecule has 2 unspecified atom stereocenters. The van der Waals surface area contributed by atoms with Gasteiger partial charge in [-0.2, -0.15) is 18.3 Å². The minimum Gasteiger partial charge on any atom is -0.372 e. The van der Waals surface area contributed by atoms with E-state index in [0.29, 0.717) is 40.8 Å². The van der Waals surface area contributed by atoms with Crippen LogP contribution < -0.4 is 15.5 Å². The van der Waals surface area contributed by atoms with Gasteiger partial charge < -0.3 is 15.4 Å². The predicted octanol–water partition coefficient (Wildman–Crippen LogP) is 4.01. The number of likely N-dealkylation sites (N-methyl/N-ethyl adjacent to an activating group) is 1. The van der Waals surface area contributed by atoms with Crippen LogP contribution in [-0.2, 0) is 27.0 Å². The molecule has 270 valence electrons. The van der Waals surface area contributed by atoms with E-state index in [1.165, 1.54) is 4.90 Å². The maximum Gasteiger partial charge on any atom is 0.433 e. The number of carbonyl (C=O) groups is 3.